The molecule has 0 saturated carbocycles. The van der Waals surface area contributed by atoms with Gasteiger partial charge in [0.1, 0.15) is 5.82 Å². The van der Waals surface area contributed by atoms with Gasteiger partial charge in [-0.15, -0.1) is 0 Å². The fourth-order valence-corrected chi connectivity index (χ4v) is 3.35. The summed E-state index contributed by atoms with van der Waals surface area (Å²) in [7, 11) is 0. The SMILES string of the molecule is Brc1cccc(Nc2ccnc(N3CCc4ccccc4C3)n2)c1. The minimum Gasteiger partial charge on any atom is -0.340 e. The van der Waals surface area contributed by atoms with Crippen LogP contribution in [0.4, 0.5) is 17.5 Å². The molecule has 1 aromatic heterocycles. The van der Waals surface area contributed by atoms with E-state index in [0.717, 1.165) is 41.4 Å². The van der Waals surface area contributed by atoms with Crippen molar-refractivity contribution in [3.8, 4) is 0 Å². The van der Waals surface area contributed by atoms with Crippen LogP contribution in [0.2, 0.25) is 0 Å². The molecule has 0 amide bonds. The standard InChI is InChI=1S/C19H17BrN4/c20-16-6-3-7-17(12-16)22-18-8-10-21-19(23-18)24-11-9-14-4-1-2-5-15(14)13-24/h1-8,10,12H,9,11,13H2,(H,21,22,23). The van der Waals surface area contributed by atoms with E-state index >= 15 is 0 Å². The Kier molecular flexibility index (Phi) is 4.17. The van der Waals surface area contributed by atoms with Crippen LogP contribution in [0.1, 0.15) is 11.1 Å². The third-order valence-electron chi connectivity index (χ3n) is 4.15. The number of benzene rings is 2. The molecule has 2 heterocycles. The van der Waals surface area contributed by atoms with E-state index < -0.39 is 0 Å². The molecule has 0 saturated heterocycles. The van der Waals surface area contributed by atoms with Gasteiger partial charge in [0.2, 0.25) is 5.95 Å². The van der Waals surface area contributed by atoms with Gasteiger partial charge >= 0.3 is 0 Å². The van der Waals surface area contributed by atoms with Crippen LogP contribution in [0.25, 0.3) is 0 Å². The maximum Gasteiger partial charge on any atom is 0.227 e. The Balaban J connectivity index is 1.55. The van der Waals surface area contributed by atoms with Crippen LogP contribution in [-0.4, -0.2) is 16.5 Å². The van der Waals surface area contributed by atoms with Gasteiger partial charge < -0.3 is 10.2 Å². The Morgan fingerprint density at radius 2 is 1.88 bits per heavy atom. The summed E-state index contributed by atoms with van der Waals surface area (Å²) < 4.78 is 1.04. The second kappa shape index (κ2) is 6.61. The minimum atomic E-state index is 0.768. The van der Waals surface area contributed by atoms with Crippen molar-refractivity contribution in [2.75, 3.05) is 16.8 Å². The monoisotopic (exact) mass is 380 g/mol. The largest absolute Gasteiger partial charge is 0.340 e. The summed E-state index contributed by atoms with van der Waals surface area (Å²) in [5.41, 5.74) is 3.79. The van der Waals surface area contributed by atoms with Crippen LogP contribution in [-0.2, 0) is 13.0 Å². The number of hydrogen-bond donors (Lipinski definition) is 1. The van der Waals surface area contributed by atoms with Gasteiger partial charge in [-0.3, -0.25) is 0 Å². The first-order chi connectivity index (χ1) is 11.8. The van der Waals surface area contributed by atoms with E-state index in [0.29, 0.717) is 0 Å². The van der Waals surface area contributed by atoms with Crippen molar-refractivity contribution in [1.82, 2.24) is 9.97 Å². The number of anilines is 3. The fraction of sp³-hybridized carbons (Fsp3) is 0.158. The number of nitrogens with one attached hydrogen (secondary N) is 1. The zero-order valence-electron chi connectivity index (χ0n) is 13.1. The van der Waals surface area contributed by atoms with Crippen LogP contribution in [0.15, 0.2) is 65.3 Å². The summed E-state index contributed by atoms with van der Waals surface area (Å²) in [5, 5.41) is 3.34. The van der Waals surface area contributed by atoms with E-state index in [4.69, 9.17) is 0 Å². The Labute approximate surface area is 149 Å². The van der Waals surface area contributed by atoms with Gasteiger partial charge in [-0.05, 0) is 41.8 Å². The first-order valence-electron chi connectivity index (χ1n) is 7.95. The number of halogens is 1. The van der Waals surface area contributed by atoms with E-state index in [1.54, 1.807) is 0 Å². The maximum absolute atomic E-state index is 4.68. The molecule has 24 heavy (non-hydrogen) atoms. The van der Waals surface area contributed by atoms with Crippen molar-refractivity contribution in [1.29, 1.82) is 0 Å². The molecular weight excluding hydrogens is 364 g/mol. The lowest BCUT2D eigenvalue weighted by atomic mass is 10.0. The van der Waals surface area contributed by atoms with Gasteiger partial charge in [0.05, 0.1) is 0 Å². The predicted octanol–water partition coefficient (Wildman–Crippen LogP) is 4.55. The van der Waals surface area contributed by atoms with E-state index in [2.05, 4.69) is 60.4 Å². The third kappa shape index (κ3) is 3.26. The second-order valence-electron chi connectivity index (χ2n) is 5.82. The van der Waals surface area contributed by atoms with Gasteiger partial charge in [0, 0.05) is 29.4 Å². The highest BCUT2D eigenvalue weighted by Crippen LogP contribution is 2.24. The number of aromatic nitrogens is 2. The molecule has 120 valence electrons. The topological polar surface area (TPSA) is 41.1 Å². The number of nitrogens with zero attached hydrogens (tertiary/aromatic N) is 3. The molecule has 0 fully saturated rings. The molecule has 2 aromatic carbocycles. The molecule has 4 nitrogen and oxygen atoms in total. The van der Waals surface area contributed by atoms with Crippen molar-refractivity contribution in [3.63, 3.8) is 0 Å². The fourth-order valence-electron chi connectivity index (χ4n) is 2.95. The summed E-state index contributed by atoms with van der Waals surface area (Å²) in [5.74, 6) is 1.57. The highest BCUT2D eigenvalue weighted by Gasteiger charge is 2.18. The Bertz CT molecular complexity index is 865. The number of fused-ring (bicyclic) bond motifs is 1. The average Bonchev–Trinajstić information content (AvgIpc) is 2.61. The second-order valence-corrected chi connectivity index (χ2v) is 6.73. The van der Waals surface area contributed by atoms with Gasteiger partial charge in [-0.2, -0.15) is 4.98 Å². The third-order valence-corrected chi connectivity index (χ3v) is 4.65. The molecular formula is C19H17BrN4. The van der Waals surface area contributed by atoms with Crippen LogP contribution in [0.5, 0.6) is 0 Å². The lowest BCUT2D eigenvalue weighted by Crippen LogP contribution is -2.31. The Morgan fingerprint density at radius 3 is 2.75 bits per heavy atom. The molecule has 1 N–H and O–H groups in total. The van der Waals surface area contributed by atoms with Gasteiger partial charge in [0.15, 0.2) is 0 Å². The minimum absolute atomic E-state index is 0.768. The van der Waals surface area contributed by atoms with Crippen LogP contribution in [0.3, 0.4) is 0 Å². The zero-order valence-corrected chi connectivity index (χ0v) is 14.7. The molecule has 0 aliphatic carbocycles. The van der Waals surface area contributed by atoms with E-state index in [9.17, 15) is 0 Å². The Hall–Kier alpha value is -2.40. The Morgan fingerprint density at radius 1 is 1.00 bits per heavy atom. The van der Waals surface area contributed by atoms with Crippen molar-refractivity contribution >= 4 is 33.4 Å². The van der Waals surface area contributed by atoms with E-state index in [1.807, 2.05) is 36.5 Å². The van der Waals surface area contributed by atoms with Crippen LogP contribution >= 0.6 is 15.9 Å². The highest BCUT2D eigenvalue weighted by atomic mass is 79.9. The summed E-state index contributed by atoms with van der Waals surface area (Å²) >= 11 is 3.49. The summed E-state index contributed by atoms with van der Waals surface area (Å²) in [4.78, 5) is 11.4. The molecule has 4 rings (SSSR count). The summed E-state index contributed by atoms with van der Waals surface area (Å²) in [6.45, 7) is 1.80. The van der Waals surface area contributed by atoms with Gasteiger partial charge in [-0.25, -0.2) is 4.98 Å². The normalized spacial score (nSPS) is 13.5. The first kappa shape index (κ1) is 15.1. The number of rotatable bonds is 3. The molecule has 5 heteroatoms. The summed E-state index contributed by atoms with van der Waals surface area (Å²) in [6.07, 6.45) is 2.84. The maximum atomic E-state index is 4.68. The molecule has 1 aliphatic heterocycles. The highest BCUT2D eigenvalue weighted by molar-refractivity contribution is 9.10. The van der Waals surface area contributed by atoms with E-state index in [-0.39, 0.29) is 0 Å². The average molecular weight is 381 g/mol. The molecule has 0 unspecified atom stereocenters. The lowest BCUT2D eigenvalue weighted by Gasteiger charge is -2.28. The smallest absolute Gasteiger partial charge is 0.227 e. The molecule has 3 aromatic rings. The van der Waals surface area contributed by atoms with Crippen molar-refractivity contribution in [3.05, 3.63) is 76.4 Å². The zero-order chi connectivity index (χ0) is 16.4. The molecule has 1 aliphatic rings. The van der Waals surface area contributed by atoms with Crippen LogP contribution in [0, 0.1) is 0 Å². The van der Waals surface area contributed by atoms with Crippen molar-refractivity contribution < 1.29 is 0 Å². The quantitative estimate of drug-likeness (QED) is 0.723. The van der Waals surface area contributed by atoms with Crippen LogP contribution < -0.4 is 10.2 Å². The van der Waals surface area contributed by atoms with Crippen molar-refractivity contribution in [2.45, 2.75) is 13.0 Å². The summed E-state index contributed by atoms with van der Waals surface area (Å²) in [6, 6.07) is 18.5. The lowest BCUT2D eigenvalue weighted by molar-refractivity contribution is 0.708. The first-order valence-corrected chi connectivity index (χ1v) is 8.74. The predicted molar refractivity (Wildman–Crippen MR) is 101 cm³/mol. The molecule has 0 atom stereocenters. The molecule has 0 spiro atoms. The molecule has 0 bridgehead atoms. The van der Waals surface area contributed by atoms with Crippen molar-refractivity contribution in [2.24, 2.45) is 0 Å². The van der Waals surface area contributed by atoms with E-state index in [1.165, 1.54) is 11.1 Å². The molecule has 0 radical (unpaired) electrons. The van der Waals surface area contributed by atoms with Gasteiger partial charge in [0.25, 0.3) is 0 Å². The number of hydrogen-bond acceptors (Lipinski definition) is 4. The van der Waals surface area contributed by atoms with Gasteiger partial charge in [-0.1, -0.05) is 46.3 Å².